The molecule has 1 aliphatic heterocycles. The molecule has 0 atom stereocenters. The molecular formula is C22H34Cl3N3O6. The van der Waals surface area contributed by atoms with E-state index >= 15 is 0 Å². The number of pyridine rings is 1. The fourth-order valence-electron chi connectivity index (χ4n) is 3.53. The molecule has 0 aliphatic carbocycles. The first-order valence-corrected chi connectivity index (χ1v) is 9.96. The van der Waals surface area contributed by atoms with E-state index in [4.69, 9.17) is 18.9 Å². The zero-order chi connectivity index (χ0) is 21.3. The Balaban J connectivity index is 0. The second-order valence-electron chi connectivity index (χ2n) is 6.99. The highest BCUT2D eigenvalue weighted by Gasteiger charge is 2.21. The number of hydrogen-bond donors (Lipinski definition) is 0. The van der Waals surface area contributed by atoms with Crippen molar-refractivity contribution in [2.24, 2.45) is 0 Å². The highest BCUT2D eigenvalue weighted by molar-refractivity contribution is 5.88. The average molecular weight is 543 g/mol. The van der Waals surface area contributed by atoms with Gasteiger partial charge in [-0.15, -0.1) is 37.2 Å². The van der Waals surface area contributed by atoms with Crippen LogP contribution in [0.2, 0.25) is 0 Å². The predicted molar refractivity (Wildman–Crippen MR) is 138 cm³/mol. The van der Waals surface area contributed by atoms with Crippen LogP contribution in [0, 0.1) is 0 Å². The highest BCUT2D eigenvalue weighted by Crippen LogP contribution is 2.40. The number of ether oxygens (including phenoxy) is 4. The fraction of sp³-hybridized carbons (Fsp3) is 0.455. The van der Waals surface area contributed by atoms with Gasteiger partial charge in [-0.2, -0.15) is 0 Å². The summed E-state index contributed by atoms with van der Waals surface area (Å²) >= 11 is 0. The smallest absolute Gasteiger partial charge is 0.339 e. The number of rotatable bonds is 9. The SMILES string of the molecule is COc1ccc(CN2CCN(CCOC(=O)c3cccnc3)CC2)c(OC)c1OC.Cl.Cl.Cl.O. The maximum absolute atomic E-state index is 12.0. The first-order valence-electron chi connectivity index (χ1n) is 9.96. The number of carbonyl (C=O) groups excluding carboxylic acids is 1. The van der Waals surface area contributed by atoms with Gasteiger partial charge in [-0.25, -0.2) is 4.79 Å². The maximum Gasteiger partial charge on any atom is 0.339 e. The number of benzene rings is 1. The van der Waals surface area contributed by atoms with Crippen LogP contribution in [0.3, 0.4) is 0 Å². The zero-order valence-corrected chi connectivity index (χ0v) is 22.0. The molecule has 0 amide bonds. The van der Waals surface area contributed by atoms with Crippen LogP contribution in [0.4, 0.5) is 0 Å². The second kappa shape index (κ2) is 17.4. The Morgan fingerprint density at radius 2 is 1.56 bits per heavy atom. The summed E-state index contributed by atoms with van der Waals surface area (Å²) in [6.45, 7) is 5.55. The lowest BCUT2D eigenvalue weighted by molar-refractivity contribution is 0.0418. The Labute approximate surface area is 219 Å². The number of methoxy groups -OCH3 is 3. The van der Waals surface area contributed by atoms with Crippen molar-refractivity contribution in [2.75, 3.05) is 60.7 Å². The summed E-state index contributed by atoms with van der Waals surface area (Å²) in [6, 6.07) is 7.35. The van der Waals surface area contributed by atoms with Crippen LogP contribution < -0.4 is 14.2 Å². The van der Waals surface area contributed by atoms with Crippen LogP contribution in [0.25, 0.3) is 0 Å². The van der Waals surface area contributed by atoms with E-state index in [1.165, 1.54) is 6.20 Å². The molecule has 2 aromatic rings. The number of carbonyl (C=O) groups is 1. The summed E-state index contributed by atoms with van der Waals surface area (Å²) < 4.78 is 21.8. The molecule has 1 saturated heterocycles. The van der Waals surface area contributed by atoms with Crippen molar-refractivity contribution in [1.82, 2.24) is 14.8 Å². The van der Waals surface area contributed by atoms with Gasteiger partial charge >= 0.3 is 5.97 Å². The second-order valence-corrected chi connectivity index (χ2v) is 6.99. The van der Waals surface area contributed by atoms with E-state index < -0.39 is 0 Å². The third kappa shape index (κ3) is 8.98. The summed E-state index contributed by atoms with van der Waals surface area (Å²) in [5.41, 5.74) is 1.54. The van der Waals surface area contributed by atoms with Gasteiger partial charge in [-0.3, -0.25) is 14.8 Å². The minimum atomic E-state index is -0.331. The summed E-state index contributed by atoms with van der Waals surface area (Å²) in [6.07, 6.45) is 3.15. The minimum absolute atomic E-state index is 0. The molecule has 0 radical (unpaired) electrons. The molecule has 0 spiro atoms. The van der Waals surface area contributed by atoms with Crippen LogP contribution in [-0.4, -0.2) is 86.9 Å². The van der Waals surface area contributed by atoms with Crippen molar-refractivity contribution in [3.63, 3.8) is 0 Å². The zero-order valence-electron chi connectivity index (χ0n) is 19.5. The number of piperazine rings is 1. The fourth-order valence-corrected chi connectivity index (χ4v) is 3.53. The van der Waals surface area contributed by atoms with Crippen LogP contribution in [-0.2, 0) is 11.3 Å². The van der Waals surface area contributed by atoms with Gasteiger partial charge in [-0.05, 0) is 18.2 Å². The lowest BCUT2D eigenvalue weighted by atomic mass is 10.1. The molecule has 0 unspecified atom stereocenters. The monoisotopic (exact) mass is 541 g/mol. The van der Waals surface area contributed by atoms with Gasteiger partial charge in [0.2, 0.25) is 5.75 Å². The van der Waals surface area contributed by atoms with Gasteiger partial charge in [0.05, 0.1) is 26.9 Å². The van der Waals surface area contributed by atoms with Gasteiger partial charge in [-0.1, -0.05) is 6.07 Å². The molecule has 0 saturated carbocycles. The number of hydrogen-bond acceptors (Lipinski definition) is 8. The molecule has 1 fully saturated rings. The molecule has 194 valence electrons. The van der Waals surface area contributed by atoms with Crippen molar-refractivity contribution < 1.29 is 29.2 Å². The molecule has 1 aromatic heterocycles. The van der Waals surface area contributed by atoms with Crippen LogP contribution in [0.1, 0.15) is 15.9 Å². The average Bonchev–Trinajstić information content (AvgIpc) is 2.80. The number of halogens is 3. The highest BCUT2D eigenvalue weighted by atomic mass is 35.5. The van der Waals surface area contributed by atoms with Crippen molar-refractivity contribution in [2.45, 2.75) is 6.54 Å². The van der Waals surface area contributed by atoms with Gasteiger partial charge in [0, 0.05) is 57.2 Å². The molecule has 0 bridgehead atoms. The Morgan fingerprint density at radius 3 is 2.12 bits per heavy atom. The van der Waals surface area contributed by atoms with E-state index in [-0.39, 0.29) is 48.7 Å². The van der Waals surface area contributed by atoms with E-state index in [9.17, 15) is 4.79 Å². The molecule has 9 nitrogen and oxygen atoms in total. The van der Waals surface area contributed by atoms with Crippen LogP contribution in [0.15, 0.2) is 36.7 Å². The lowest BCUT2D eigenvalue weighted by Crippen LogP contribution is -2.46. The topological polar surface area (TPSA) is 105 Å². The Morgan fingerprint density at radius 1 is 0.912 bits per heavy atom. The maximum atomic E-state index is 12.0. The van der Waals surface area contributed by atoms with Crippen molar-refractivity contribution in [1.29, 1.82) is 0 Å². The van der Waals surface area contributed by atoms with Gasteiger partial charge in [0.15, 0.2) is 11.5 Å². The standard InChI is InChI=1S/C22H29N3O5.3ClH.H2O/c1-27-19-7-6-18(20(28-2)21(19)29-3)16-25-11-9-24(10-12-25)13-14-30-22(26)17-5-4-8-23-15-17;;;;/h4-8,15H,9-14,16H2,1-3H3;3*1H;1H2. The van der Waals surface area contributed by atoms with E-state index in [1.54, 1.807) is 39.7 Å². The third-order valence-electron chi connectivity index (χ3n) is 5.18. The number of nitrogens with zero attached hydrogens (tertiary/aromatic N) is 3. The van der Waals surface area contributed by atoms with Gasteiger partial charge in [0.1, 0.15) is 6.61 Å². The van der Waals surface area contributed by atoms with E-state index in [1.807, 2.05) is 12.1 Å². The largest absolute Gasteiger partial charge is 0.493 e. The molecule has 1 aromatic carbocycles. The summed E-state index contributed by atoms with van der Waals surface area (Å²) in [7, 11) is 4.87. The predicted octanol–water partition coefficient (Wildman–Crippen LogP) is 2.52. The minimum Gasteiger partial charge on any atom is -0.493 e. The van der Waals surface area contributed by atoms with Gasteiger partial charge in [0.25, 0.3) is 0 Å². The van der Waals surface area contributed by atoms with E-state index in [2.05, 4.69) is 14.8 Å². The van der Waals surface area contributed by atoms with Crippen LogP contribution in [0.5, 0.6) is 17.2 Å². The van der Waals surface area contributed by atoms with E-state index in [0.29, 0.717) is 29.4 Å². The molecular weight excluding hydrogens is 509 g/mol. The number of esters is 1. The third-order valence-corrected chi connectivity index (χ3v) is 5.18. The Hall–Kier alpha value is -2.01. The molecule has 2 heterocycles. The van der Waals surface area contributed by atoms with Crippen molar-refractivity contribution in [3.05, 3.63) is 47.8 Å². The van der Waals surface area contributed by atoms with Crippen molar-refractivity contribution >= 4 is 43.2 Å². The van der Waals surface area contributed by atoms with Gasteiger partial charge < -0.3 is 24.4 Å². The summed E-state index contributed by atoms with van der Waals surface area (Å²) in [5.74, 6) is 1.65. The van der Waals surface area contributed by atoms with Crippen LogP contribution >= 0.6 is 37.2 Å². The van der Waals surface area contributed by atoms with E-state index in [0.717, 1.165) is 44.8 Å². The molecule has 2 N–H and O–H groups in total. The number of aromatic nitrogens is 1. The molecule has 12 heteroatoms. The molecule has 1 aliphatic rings. The van der Waals surface area contributed by atoms with Crippen molar-refractivity contribution in [3.8, 4) is 17.2 Å². The first kappa shape index (κ1) is 34.2. The quantitative estimate of drug-likeness (QED) is 0.445. The molecule has 3 rings (SSSR count). The molecule has 34 heavy (non-hydrogen) atoms. The lowest BCUT2D eigenvalue weighted by Gasteiger charge is -2.34. The first-order chi connectivity index (χ1) is 14.7. The normalized spacial score (nSPS) is 13.1. The Bertz CT molecular complexity index is 840. The summed E-state index contributed by atoms with van der Waals surface area (Å²) in [4.78, 5) is 20.6. The summed E-state index contributed by atoms with van der Waals surface area (Å²) in [5, 5.41) is 0. The Kier molecular flexibility index (Phi) is 17.5.